The highest BCUT2D eigenvalue weighted by atomic mass is 32.2. The number of hydrogen-bond acceptors (Lipinski definition) is 3. The van der Waals surface area contributed by atoms with Crippen LogP contribution in [0.4, 0.5) is 0 Å². The van der Waals surface area contributed by atoms with Crippen LogP contribution >= 0.6 is 0 Å². The number of nitrogens with zero attached hydrogens (tertiary/aromatic N) is 1. The van der Waals surface area contributed by atoms with Crippen molar-refractivity contribution in [3.63, 3.8) is 0 Å². The largest absolute Gasteiger partial charge is 0.339 e. The number of benzene rings is 2. The van der Waals surface area contributed by atoms with E-state index in [2.05, 4.69) is 0 Å². The van der Waals surface area contributed by atoms with E-state index in [4.69, 9.17) is 0 Å². The van der Waals surface area contributed by atoms with E-state index < -0.39 is 9.84 Å². The van der Waals surface area contributed by atoms with E-state index in [0.29, 0.717) is 31.5 Å². The van der Waals surface area contributed by atoms with E-state index >= 15 is 0 Å². The molecular formula is C20H25NO3S. The van der Waals surface area contributed by atoms with E-state index in [1.54, 1.807) is 4.90 Å². The Kier molecular flexibility index (Phi) is 5.13. The number of sulfone groups is 1. The van der Waals surface area contributed by atoms with Crippen molar-refractivity contribution in [1.82, 2.24) is 4.90 Å². The standard InChI is InChI=1S/C20H25NO3S/c1-15(2)14-25(23,24)17-10-12-21(13-11-17)20(22)19-9-5-7-16-6-3-4-8-18(16)19/h3-9,15,17H,10-14H2,1-2H3. The maximum atomic E-state index is 12.9. The molecule has 0 N–H and O–H groups in total. The van der Waals surface area contributed by atoms with E-state index in [1.807, 2.05) is 56.3 Å². The minimum absolute atomic E-state index is 0.00323. The van der Waals surface area contributed by atoms with Crippen LogP contribution < -0.4 is 0 Å². The van der Waals surface area contributed by atoms with Gasteiger partial charge in [0.2, 0.25) is 0 Å². The second-order valence-electron chi connectivity index (χ2n) is 7.24. The van der Waals surface area contributed by atoms with Crippen LogP contribution in [0.5, 0.6) is 0 Å². The van der Waals surface area contributed by atoms with Gasteiger partial charge in [0.05, 0.1) is 11.0 Å². The summed E-state index contributed by atoms with van der Waals surface area (Å²) in [6, 6.07) is 13.6. The van der Waals surface area contributed by atoms with Gasteiger partial charge in [-0.3, -0.25) is 4.79 Å². The third kappa shape index (κ3) is 3.87. The van der Waals surface area contributed by atoms with Crippen LogP contribution in [-0.2, 0) is 9.84 Å². The lowest BCUT2D eigenvalue weighted by Crippen LogP contribution is -2.43. The maximum Gasteiger partial charge on any atom is 0.254 e. The van der Waals surface area contributed by atoms with Crippen molar-refractivity contribution in [2.45, 2.75) is 31.9 Å². The van der Waals surface area contributed by atoms with Crippen molar-refractivity contribution in [2.75, 3.05) is 18.8 Å². The molecule has 0 aliphatic carbocycles. The van der Waals surface area contributed by atoms with E-state index in [1.165, 1.54) is 0 Å². The van der Waals surface area contributed by atoms with Crippen LogP contribution in [0.25, 0.3) is 10.8 Å². The van der Waals surface area contributed by atoms with Crippen molar-refractivity contribution in [1.29, 1.82) is 0 Å². The summed E-state index contributed by atoms with van der Waals surface area (Å²) in [5.41, 5.74) is 0.696. The molecule has 0 aromatic heterocycles. The Morgan fingerprint density at radius 1 is 1.08 bits per heavy atom. The highest BCUT2D eigenvalue weighted by Crippen LogP contribution is 2.24. The van der Waals surface area contributed by atoms with Crippen LogP contribution in [0.2, 0.25) is 0 Å². The fourth-order valence-corrected chi connectivity index (χ4v) is 5.73. The molecule has 3 rings (SSSR count). The summed E-state index contributed by atoms with van der Waals surface area (Å²) in [5.74, 6) is 0.367. The number of carbonyl (C=O) groups is 1. The number of likely N-dealkylation sites (tertiary alicyclic amines) is 1. The molecule has 1 fully saturated rings. The second-order valence-corrected chi connectivity index (χ2v) is 9.57. The molecule has 0 spiro atoms. The van der Waals surface area contributed by atoms with Crippen LogP contribution in [0.1, 0.15) is 37.0 Å². The van der Waals surface area contributed by atoms with Gasteiger partial charge in [-0.15, -0.1) is 0 Å². The molecule has 0 unspecified atom stereocenters. The molecule has 0 bridgehead atoms. The molecule has 1 aliphatic rings. The van der Waals surface area contributed by atoms with E-state index in [0.717, 1.165) is 10.8 Å². The van der Waals surface area contributed by atoms with Crippen LogP contribution in [0.15, 0.2) is 42.5 Å². The molecule has 0 saturated carbocycles. The molecule has 1 heterocycles. The van der Waals surface area contributed by atoms with Crippen molar-refractivity contribution < 1.29 is 13.2 Å². The van der Waals surface area contributed by atoms with Crippen molar-refractivity contribution in [3.8, 4) is 0 Å². The average Bonchev–Trinajstić information content (AvgIpc) is 2.60. The molecule has 1 saturated heterocycles. The molecule has 0 radical (unpaired) electrons. The number of amides is 1. The lowest BCUT2D eigenvalue weighted by atomic mass is 10.0. The van der Waals surface area contributed by atoms with Gasteiger partial charge in [-0.1, -0.05) is 50.2 Å². The van der Waals surface area contributed by atoms with Gasteiger partial charge < -0.3 is 4.90 Å². The molecule has 4 nitrogen and oxygen atoms in total. The smallest absolute Gasteiger partial charge is 0.254 e. The summed E-state index contributed by atoms with van der Waals surface area (Å²) in [6.07, 6.45) is 1.07. The summed E-state index contributed by atoms with van der Waals surface area (Å²) in [7, 11) is -3.07. The van der Waals surface area contributed by atoms with Crippen LogP contribution in [-0.4, -0.2) is 43.3 Å². The number of fused-ring (bicyclic) bond motifs is 1. The predicted octanol–water partition coefficient (Wildman–Crippen LogP) is 3.52. The monoisotopic (exact) mass is 359 g/mol. The predicted molar refractivity (Wildman–Crippen MR) is 101 cm³/mol. The molecule has 1 aliphatic heterocycles. The van der Waals surface area contributed by atoms with E-state index in [9.17, 15) is 13.2 Å². The lowest BCUT2D eigenvalue weighted by molar-refractivity contribution is 0.0727. The zero-order valence-corrected chi connectivity index (χ0v) is 15.6. The molecular weight excluding hydrogens is 334 g/mol. The van der Waals surface area contributed by atoms with Crippen molar-refractivity contribution in [2.24, 2.45) is 5.92 Å². The van der Waals surface area contributed by atoms with Gasteiger partial charge in [0.25, 0.3) is 5.91 Å². The number of carbonyl (C=O) groups excluding carboxylic acids is 1. The molecule has 2 aromatic carbocycles. The molecule has 5 heteroatoms. The first kappa shape index (κ1) is 17.9. The first-order valence-electron chi connectivity index (χ1n) is 8.87. The topological polar surface area (TPSA) is 54.5 Å². The third-order valence-electron chi connectivity index (χ3n) is 4.82. The first-order valence-corrected chi connectivity index (χ1v) is 10.6. The zero-order chi connectivity index (χ0) is 18.0. The molecule has 0 atom stereocenters. The third-order valence-corrected chi connectivity index (χ3v) is 7.44. The molecule has 25 heavy (non-hydrogen) atoms. The summed E-state index contributed by atoms with van der Waals surface area (Å²) in [4.78, 5) is 14.7. The summed E-state index contributed by atoms with van der Waals surface area (Å²) in [6.45, 7) is 4.86. The summed E-state index contributed by atoms with van der Waals surface area (Å²) in [5, 5.41) is 1.68. The Balaban J connectivity index is 1.74. The number of hydrogen-bond donors (Lipinski definition) is 0. The van der Waals surface area contributed by atoms with Gasteiger partial charge in [-0.25, -0.2) is 8.42 Å². The Bertz CT molecular complexity index is 860. The minimum Gasteiger partial charge on any atom is -0.339 e. The Hall–Kier alpha value is -1.88. The van der Waals surface area contributed by atoms with Crippen LogP contribution in [0.3, 0.4) is 0 Å². The molecule has 1 amide bonds. The highest BCUT2D eigenvalue weighted by Gasteiger charge is 2.32. The zero-order valence-electron chi connectivity index (χ0n) is 14.8. The average molecular weight is 359 g/mol. The maximum absolute atomic E-state index is 12.9. The normalized spacial score (nSPS) is 16.5. The van der Waals surface area contributed by atoms with Gasteiger partial charge in [0.15, 0.2) is 9.84 Å². The fraction of sp³-hybridized carbons (Fsp3) is 0.450. The van der Waals surface area contributed by atoms with Gasteiger partial charge in [-0.05, 0) is 35.6 Å². The van der Waals surface area contributed by atoms with Gasteiger partial charge >= 0.3 is 0 Å². The SMILES string of the molecule is CC(C)CS(=O)(=O)C1CCN(C(=O)c2cccc3ccccc23)CC1. The van der Waals surface area contributed by atoms with Crippen LogP contribution in [0, 0.1) is 5.92 Å². The molecule has 134 valence electrons. The lowest BCUT2D eigenvalue weighted by Gasteiger charge is -2.32. The van der Waals surface area contributed by atoms with E-state index in [-0.39, 0.29) is 22.8 Å². The summed E-state index contributed by atoms with van der Waals surface area (Å²) >= 11 is 0. The van der Waals surface area contributed by atoms with Crippen molar-refractivity contribution in [3.05, 3.63) is 48.0 Å². The fourth-order valence-electron chi connectivity index (χ4n) is 3.60. The Morgan fingerprint density at radius 3 is 2.40 bits per heavy atom. The van der Waals surface area contributed by atoms with Crippen molar-refractivity contribution >= 4 is 26.5 Å². The Morgan fingerprint density at radius 2 is 1.72 bits per heavy atom. The number of rotatable bonds is 4. The summed E-state index contributed by atoms with van der Waals surface area (Å²) < 4.78 is 24.8. The highest BCUT2D eigenvalue weighted by molar-refractivity contribution is 7.92. The number of piperidine rings is 1. The minimum atomic E-state index is -3.07. The quantitative estimate of drug-likeness (QED) is 0.839. The van der Waals surface area contributed by atoms with Gasteiger partial charge in [0.1, 0.15) is 0 Å². The van der Waals surface area contributed by atoms with Gasteiger partial charge in [-0.2, -0.15) is 0 Å². The Labute approximate surface area is 149 Å². The molecule has 2 aromatic rings. The van der Waals surface area contributed by atoms with Gasteiger partial charge in [0, 0.05) is 18.7 Å². The second kappa shape index (κ2) is 7.16. The first-order chi connectivity index (χ1) is 11.9.